The molecule has 1 aliphatic heterocycles. The standard InChI is InChI=1S/C16H19N3O/c17-16-11-18-5-4-15(16)14-3-1-2-13(10-14)12-19-6-8-20-9-7-19/h1-5,10-11H,6-9,12,17H2. The van der Waals surface area contributed by atoms with Gasteiger partial charge >= 0.3 is 0 Å². The number of nitrogens with zero attached hydrogens (tertiary/aromatic N) is 2. The van der Waals surface area contributed by atoms with Gasteiger partial charge in [-0.25, -0.2) is 0 Å². The molecule has 20 heavy (non-hydrogen) atoms. The molecule has 0 radical (unpaired) electrons. The van der Waals surface area contributed by atoms with Crippen LogP contribution in [0.25, 0.3) is 11.1 Å². The fourth-order valence-electron chi connectivity index (χ4n) is 2.52. The normalized spacial score (nSPS) is 16.2. The number of rotatable bonds is 3. The average molecular weight is 269 g/mol. The highest BCUT2D eigenvalue weighted by molar-refractivity contribution is 5.75. The molecule has 3 rings (SSSR count). The lowest BCUT2D eigenvalue weighted by molar-refractivity contribution is 0.0342. The van der Waals surface area contributed by atoms with E-state index >= 15 is 0 Å². The van der Waals surface area contributed by atoms with Gasteiger partial charge in [-0.05, 0) is 23.3 Å². The van der Waals surface area contributed by atoms with E-state index < -0.39 is 0 Å². The van der Waals surface area contributed by atoms with Crippen molar-refractivity contribution in [2.24, 2.45) is 0 Å². The zero-order valence-electron chi connectivity index (χ0n) is 11.5. The highest BCUT2D eigenvalue weighted by Gasteiger charge is 2.11. The highest BCUT2D eigenvalue weighted by atomic mass is 16.5. The van der Waals surface area contributed by atoms with Gasteiger partial charge in [0.15, 0.2) is 0 Å². The molecule has 1 fully saturated rings. The molecular formula is C16H19N3O. The molecule has 2 aromatic rings. The van der Waals surface area contributed by atoms with Gasteiger partial charge in [-0.1, -0.05) is 18.2 Å². The third-order valence-corrected chi connectivity index (χ3v) is 3.60. The SMILES string of the molecule is Nc1cnccc1-c1cccc(CN2CCOCC2)c1. The molecule has 2 N–H and O–H groups in total. The van der Waals surface area contributed by atoms with Crippen molar-refractivity contribution < 1.29 is 4.74 Å². The van der Waals surface area contributed by atoms with Crippen molar-refractivity contribution in [1.29, 1.82) is 0 Å². The molecule has 4 nitrogen and oxygen atoms in total. The Bertz CT molecular complexity index is 579. The van der Waals surface area contributed by atoms with Crippen LogP contribution in [0, 0.1) is 0 Å². The largest absolute Gasteiger partial charge is 0.397 e. The molecule has 1 aliphatic rings. The Labute approximate surface area is 119 Å². The summed E-state index contributed by atoms with van der Waals surface area (Å²) in [4.78, 5) is 6.45. The smallest absolute Gasteiger partial charge is 0.0594 e. The van der Waals surface area contributed by atoms with Gasteiger partial charge in [0.05, 0.1) is 25.1 Å². The molecule has 1 aromatic heterocycles. The van der Waals surface area contributed by atoms with Crippen molar-refractivity contribution in [1.82, 2.24) is 9.88 Å². The monoisotopic (exact) mass is 269 g/mol. The van der Waals surface area contributed by atoms with Crippen molar-refractivity contribution >= 4 is 5.69 Å². The number of benzene rings is 1. The lowest BCUT2D eigenvalue weighted by Gasteiger charge is -2.26. The minimum absolute atomic E-state index is 0.719. The Balaban J connectivity index is 1.80. The van der Waals surface area contributed by atoms with Gasteiger partial charge in [-0.15, -0.1) is 0 Å². The first-order valence-corrected chi connectivity index (χ1v) is 6.92. The topological polar surface area (TPSA) is 51.4 Å². The third-order valence-electron chi connectivity index (χ3n) is 3.60. The summed E-state index contributed by atoms with van der Waals surface area (Å²) in [6.45, 7) is 4.62. The molecule has 0 unspecified atom stereocenters. The summed E-state index contributed by atoms with van der Waals surface area (Å²) in [6, 6.07) is 10.5. The number of anilines is 1. The van der Waals surface area contributed by atoms with Crippen LogP contribution in [0.4, 0.5) is 5.69 Å². The third kappa shape index (κ3) is 2.98. The molecule has 0 amide bonds. The highest BCUT2D eigenvalue weighted by Crippen LogP contribution is 2.25. The number of hydrogen-bond acceptors (Lipinski definition) is 4. The first kappa shape index (κ1) is 13.1. The van der Waals surface area contributed by atoms with Crippen LogP contribution in [0.3, 0.4) is 0 Å². The van der Waals surface area contributed by atoms with E-state index in [2.05, 4.69) is 34.1 Å². The van der Waals surface area contributed by atoms with Crippen LogP contribution in [0.2, 0.25) is 0 Å². The quantitative estimate of drug-likeness (QED) is 0.927. The molecule has 1 aromatic carbocycles. The van der Waals surface area contributed by atoms with Crippen molar-refractivity contribution in [2.45, 2.75) is 6.54 Å². The molecule has 4 heteroatoms. The molecule has 0 bridgehead atoms. The van der Waals surface area contributed by atoms with E-state index in [1.807, 2.05) is 6.07 Å². The van der Waals surface area contributed by atoms with Crippen LogP contribution in [-0.4, -0.2) is 36.2 Å². The second kappa shape index (κ2) is 6.03. The number of hydrogen-bond donors (Lipinski definition) is 1. The second-order valence-corrected chi connectivity index (χ2v) is 5.05. The number of morpholine rings is 1. The molecule has 0 saturated carbocycles. The number of nitrogen functional groups attached to an aromatic ring is 1. The predicted molar refractivity (Wildman–Crippen MR) is 80.2 cm³/mol. The minimum Gasteiger partial charge on any atom is -0.397 e. The first-order chi connectivity index (χ1) is 9.83. The fourth-order valence-corrected chi connectivity index (χ4v) is 2.52. The Morgan fingerprint density at radius 3 is 2.85 bits per heavy atom. The Kier molecular flexibility index (Phi) is 3.95. The van der Waals surface area contributed by atoms with Crippen LogP contribution in [0.1, 0.15) is 5.56 Å². The van der Waals surface area contributed by atoms with Gasteiger partial charge in [-0.3, -0.25) is 9.88 Å². The zero-order valence-corrected chi connectivity index (χ0v) is 11.5. The van der Waals surface area contributed by atoms with E-state index in [0.717, 1.165) is 49.7 Å². The number of ether oxygens (including phenoxy) is 1. The Morgan fingerprint density at radius 2 is 2.05 bits per heavy atom. The van der Waals surface area contributed by atoms with Crippen molar-refractivity contribution in [3.8, 4) is 11.1 Å². The van der Waals surface area contributed by atoms with Gasteiger partial charge < -0.3 is 10.5 Å². The van der Waals surface area contributed by atoms with Crippen molar-refractivity contribution in [3.63, 3.8) is 0 Å². The molecular weight excluding hydrogens is 250 g/mol. The summed E-state index contributed by atoms with van der Waals surface area (Å²) in [6.07, 6.45) is 3.48. The zero-order chi connectivity index (χ0) is 13.8. The Hall–Kier alpha value is -1.91. The summed E-state index contributed by atoms with van der Waals surface area (Å²) in [5.41, 5.74) is 10.2. The minimum atomic E-state index is 0.719. The maximum atomic E-state index is 6.00. The summed E-state index contributed by atoms with van der Waals surface area (Å²) < 4.78 is 5.38. The summed E-state index contributed by atoms with van der Waals surface area (Å²) in [7, 11) is 0. The van der Waals surface area contributed by atoms with E-state index in [1.165, 1.54) is 5.56 Å². The molecule has 0 spiro atoms. The number of nitrogens with two attached hydrogens (primary N) is 1. The fraction of sp³-hybridized carbons (Fsp3) is 0.312. The lowest BCUT2D eigenvalue weighted by Crippen LogP contribution is -2.35. The van der Waals surface area contributed by atoms with E-state index in [4.69, 9.17) is 10.5 Å². The van der Waals surface area contributed by atoms with Gasteiger partial charge in [-0.2, -0.15) is 0 Å². The maximum Gasteiger partial charge on any atom is 0.0594 e. The van der Waals surface area contributed by atoms with Crippen LogP contribution in [-0.2, 0) is 11.3 Å². The number of pyridine rings is 1. The Morgan fingerprint density at radius 1 is 1.20 bits per heavy atom. The van der Waals surface area contributed by atoms with Gasteiger partial charge in [0, 0.05) is 31.4 Å². The van der Waals surface area contributed by atoms with Gasteiger partial charge in [0.25, 0.3) is 0 Å². The van der Waals surface area contributed by atoms with Crippen molar-refractivity contribution in [2.75, 3.05) is 32.0 Å². The van der Waals surface area contributed by atoms with Crippen molar-refractivity contribution in [3.05, 3.63) is 48.3 Å². The van der Waals surface area contributed by atoms with Crippen LogP contribution >= 0.6 is 0 Å². The lowest BCUT2D eigenvalue weighted by atomic mass is 10.0. The molecule has 1 saturated heterocycles. The predicted octanol–water partition coefficient (Wildman–Crippen LogP) is 2.16. The summed E-state index contributed by atoms with van der Waals surface area (Å²) in [5.74, 6) is 0. The average Bonchev–Trinajstić information content (AvgIpc) is 2.49. The molecule has 0 aliphatic carbocycles. The van der Waals surface area contributed by atoms with Gasteiger partial charge in [0.2, 0.25) is 0 Å². The summed E-state index contributed by atoms with van der Waals surface area (Å²) >= 11 is 0. The van der Waals surface area contributed by atoms with Crippen LogP contribution in [0.15, 0.2) is 42.7 Å². The van der Waals surface area contributed by atoms with Crippen LogP contribution in [0.5, 0.6) is 0 Å². The van der Waals surface area contributed by atoms with Gasteiger partial charge in [0.1, 0.15) is 0 Å². The molecule has 0 atom stereocenters. The molecule has 104 valence electrons. The van der Waals surface area contributed by atoms with E-state index in [-0.39, 0.29) is 0 Å². The van der Waals surface area contributed by atoms with E-state index in [0.29, 0.717) is 0 Å². The van der Waals surface area contributed by atoms with Crippen LogP contribution < -0.4 is 5.73 Å². The second-order valence-electron chi connectivity index (χ2n) is 5.05. The number of aromatic nitrogens is 1. The maximum absolute atomic E-state index is 6.00. The van der Waals surface area contributed by atoms with E-state index in [1.54, 1.807) is 12.4 Å². The first-order valence-electron chi connectivity index (χ1n) is 6.92. The molecule has 2 heterocycles. The van der Waals surface area contributed by atoms with E-state index in [9.17, 15) is 0 Å². The summed E-state index contributed by atoms with van der Waals surface area (Å²) in [5, 5.41) is 0.